The third kappa shape index (κ3) is 4.22. The number of nitrogens with zero attached hydrogens (tertiary/aromatic N) is 2. The van der Waals surface area contributed by atoms with Gasteiger partial charge in [0.1, 0.15) is 5.82 Å². The monoisotopic (exact) mass is 373 g/mol. The van der Waals surface area contributed by atoms with E-state index in [1.807, 2.05) is 12.1 Å². The summed E-state index contributed by atoms with van der Waals surface area (Å²) in [6.45, 7) is 3.80. The van der Waals surface area contributed by atoms with E-state index in [4.69, 9.17) is 0 Å². The highest BCUT2D eigenvalue weighted by Crippen LogP contribution is 2.20. The molecule has 0 aliphatic carbocycles. The normalized spacial score (nSPS) is 14.9. The second-order valence-electron chi connectivity index (χ2n) is 6.66. The van der Waals surface area contributed by atoms with Crippen molar-refractivity contribution in [1.82, 2.24) is 4.98 Å². The Morgan fingerprint density at radius 3 is 2.46 bits per heavy atom. The molecule has 0 radical (unpaired) electrons. The van der Waals surface area contributed by atoms with E-state index < -0.39 is 9.84 Å². The van der Waals surface area contributed by atoms with Crippen LogP contribution in [0.3, 0.4) is 0 Å². The lowest BCUT2D eigenvalue weighted by Crippen LogP contribution is -2.30. The van der Waals surface area contributed by atoms with E-state index in [0.29, 0.717) is 16.8 Å². The number of hydrogen-bond acceptors (Lipinski definition) is 5. The number of benzene rings is 1. The Bertz CT molecular complexity index is 902. The molecule has 3 rings (SSSR count). The number of pyridine rings is 1. The molecule has 1 aromatic carbocycles. The Hall–Kier alpha value is -2.41. The van der Waals surface area contributed by atoms with Gasteiger partial charge in [0.15, 0.2) is 9.84 Å². The van der Waals surface area contributed by atoms with E-state index in [1.165, 1.54) is 31.4 Å². The summed E-state index contributed by atoms with van der Waals surface area (Å²) in [5.74, 6) is 0.568. The number of piperidine rings is 1. The maximum absolute atomic E-state index is 12.6. The van der Waals surface area contributed by atoms with Crippen LogP contribution in [0, 0.1) is 6.92 Å². The minimum absolute atomic E-state index is 0.131. The molecule has 0 unspecified atom stereocenters. The maximum atomic E-state index is 12.6. The largest absolute Gasteiger partial charge is 0.357 e. The Morgan fingerprint density at radius 2 is 1.85 bits per heavy atom. The average molecular weight is 373 g/mol. The van der Waals surface area contributed by atoms with Crippen LogP contribution in [-0.4, -0.2) is 38.7 Å². The van der Waals surface area contributed by atoms with E-state index in [9.17, 15) is 13.2 Å². The molecular formula is C19H23N3O3S. The highest BCUT2D eigenvalue weighted by atomic mass is 32.2. The van der Waals surface area contributed by atoms with E-state index in [2.05, 4.69) is 15.2 Å². The predicted octanol–water partition coefficient (Wildman–Crippen LogP) is 3.04. The van der Waals surface area contributed by atoms with Gasteiger partial charge in [0, 0.05) is 24.9 Å². The molecule has 26 heavy (non-hydrogen) atoms. The number of nitrogens with one attached hydrogen (secondary N) is 1. The van der Waals surface area contributed by atoms with Crippen molar-refractivity contribution in [3.63, 3.8) is 0 Å². The molecular weight excluding hydrogens is 350 g/mol. The SMILES string of the molecule is Cc1ccc(S(C)(=O)=O)cc1C(=O)Nc1ccc(N2CCCCC2)nc1. The highest BCUT2D eigenvalue weighted by molar-refractivity contribution is 7.90. The number of carbonyl (C=O) groups excluding carboxylic acids is 1. The van der Waals surface area contributed by atoms with Gasteiger partial charge in [-0.15, -0.1) is 0 Å². The number of carbonyl (C=O) groups is 1. The van der Waals surface area contributed by atoms with Crippen molar-refractivity contribution in [2.75, 3.05) is 29.6 Å². The molecule has 1 N–H and O–H groups in total. The lowest BCUT2D eigenvalue weighted by atomic mass is 10.1. The number of sulfone groups is 1. The molecule has 1 saturated heterocycles. The smallest absolute Gasteiger partial charge is 0.256 e. The van der Waals surface area contributed by atoms with Crippen LogP contribution >= 0.6 is 0 Å². The first-order valence-corrected chi connectivity index (χ1v) is 10.6. The van der Waals surface area contributed by atoms with Crippen LogP contribution in [0.15, 0.2) is 41.4 Å². The standard InChI is InChI=1S/C19H23N3O3S/c1-14-6-8-16(26(2,24)25)12-17(14)19(23)21-15-7-9-18(20-13-15)22-10-4-3-5-11-22/h6-9,12-13H,3-5,10-11H2,1-2H3,(H,21,23). The molecule has 6 nitrogen and oxygen atoms in total. The number of amides is 1. The summed E-state index contributed by atoms with van der Waals surface area (Å²) in [5, 5.41) is 2.79. The number of anilines is 2. The Kier molecular flexibility index (Phi) is 5.27. The van der Waals surface area contributed by atoms with Crippen molar-refractivity contribution in [3.05, 3.63) is 47.7 Å². The summed E-state index contributed by atoms with van der Waals surface area (Å²) in [6.07, 6.45) is 6.38. The summed E-state index contributed by atoms with van der Waals surface area (Å²) in [6, 6.07) is 8.29. The summed E-state index contributed by atoms with van der Waals surface area (Å²) in [5.41, 5.74) is 1.64. The molecule has 2 heterocycles. The van der Waals surface area contributed by atoms with Crippen molar-refractivity contribution in [3.8, 4) is 0 Å². The minimum atomic E-state index is -3.36. The van der Waals surface area contributed by atoms with Crippen molar-refractivity contribution in [2.24, 2.45) is 0 Å². The molecule has 1 fully saturated rings. The van der Waals surface area contributed by atoms with E-state index >= 15 is 0 Å². The Balaban J connectivity index is 1.75. The first-order valence-electron chi connectivity index (χ1n) is 8.68. The van der Waals surface area contributed by atoms with Gasteiger partial charge in [-0.2, -0.15) is 0 Å². The van der Waals surface area contributed by atoms with Crippen LogP contribution < -0.4 is 10.2 Å². The van der Waals surface area contributed by atoms with Crippen molar-refractivity contribution < 1.29 is 13.2 Å². The van der Waals surface area contributed by atoms with Crippen LogP contribution in [0.4, 0.5) is 11.5 Å². The summed E-state index contributed by atoms with van der Waals surface area (Å²) in [4.78, 5) is 19.4. The highest BCUT2D eigenvalue weighted by Gasteiger charge is 2.16. The first-order chi connectivity index (χ1) is 12.3. The molecule has 1 aromatic heterocycles. The Labute approximate surface area is 154 Å². The first kappa shape index (κ1) is 18.4. The topological polar surface area (TPSA) is 79.4 Å². The molecule has 138 valence electrons. The molecule has 7 heteroatoms. The van der Waals surface area contributed by atoms with Crippen molar-refractivity contribution >= 4 is 27.2 Å². The quantitative estimate of drug-likeness (QED) is 0.891. The zero-order valence-corrected chi connectivity index (χ0v) is 15.8. The lowest BCUT2D eigenvalue weighted by Gasteiger charge is -2.27. The molecule has 0 spiro atoms. The Morgan fingerprint density at radius 1 is 1.12 bits per heavy atom. The van der Waals surface area contributed by atoms with Crippen LogP contribution in [0.2, 0.25) is 0 Å². The molecule has 2 aromatic rings. The molecule has 0 saturated carbocycles. The fourth-order valence-electron chi connectivity index (χ4n) is 3.04. The number of hydrogen-bond donors (Lipinski definition) is 1. The van der Waals surface area contributed by atoms with E-state index in [1.54, 1.807) is 19.2 Å². The third-order valence-corrected chi connectivity index (χ3v) is 5.68. The summed E-state index contributed by atoms with van der Waals surface area (Å²) >= 11 is 0. The van der Waals surface area contributed by atoms with Gasteiger partial charge in [-0.1, -0.05) is 6.07 Å². The maximum Gasteiger partial charge on any atom is 0.256 e. The lowest BCUT2D eigenvalue weighted by molar-refractivity contribution is 0.102. The van der Waals surface area contributed by atoms with Gasteiger partial charge in [0.25, 0.3) is 5.91 Å². The predicted molar refractivity (Wildman–Crippen MR) is 103 cm³/mol. The van der Waals surface area contributed by atoms with E-state index in [0.717, 1.165) is 25.2 Å². The zero-order chi connectivity index (χ0) is 18.7. The van der Waals surface area contributed by atoms with Crippen LogP contribution in [0.1, 0.15) is 35.2 Å². The minimum Gasteiger partial charge on any atom is -0.357 e. The molecule has 1 aliphatic rings. The second-order valence-corrected chi connectivity index (χ2v) is 8.67. The van der Waals surface area contributed by atoms with Gasteiger partial charge in [-0.3, -0.25) is 4.79 Å². The fourth-order valence-corrected chi connectivity index (χ4v) is 3.69. The van der Waals surface area contributed by atoms with Gasteiger partial charge >= 0.3 is 0 Å². The van der Waals surface area contributed by atoms with Crippen molar-refractivity contribution in [1.29, 1.82) is 0 Å². The molecule has 0 bridgehead atoms. The van der Waals surface area contributed by atoms with Gasteiger partial charge in [0.05, 0.1) is 16.8 Å². The fraction of sp³-hybridized carbons (Fsp3) is 0.368. The number of rotatable bonds is 4. The third-order valence-electron chi connectivity index (χ3n) is 4.57. The van der Waals surface area contributed by atoms with Gasteiger partial charge in [-0.05, 0) is 56.0 Å². The number of aryl methyl sites for hydroxylation is 1. The second kappa shape index (κ2) is 7.45. The van der Waals surface area contributed by atoms with Crippen molar-refractivity contribution in [2.45, 2.75) is 31.1 Å². The summed E-state index contributed by atoms with van der Waals surface area (Å²) < 4.78 is 23.4. The van der Waals surface area contributed by atoms with Crippen LogP contribution in [-0.2, 0) is 9.84 Å². The van der Waals surface area contributed by atoms with Crippen LogP contribution in [0.25, 0.3) is 0 Å². The van der Waals surface area contributed by atoms with Gasteiger partial charge in [-0.25, -0.2) is 13.4 Å². The number of aromatic nitrogens is 1. The molecule has 1 amide bonds. The summed E-state index contributed by atoms with van der Waals surface area (Å²) in [7, 11) is -3.36. The average Bonchev–Trinajstić information content (AvgIpc) is 2.62. The van der Waals surface area contributed by atoms with E-state index in [-0.39, 0.29) is 10.8 Å². The zero-order valence-electron chi connectivity index (χ0n) is 15.0. The van der Waals surface area contributed by atoms with Crippen LogP contribution in [0.5, 0.6) is 0 Å². The molecule has 0 atom stereocenters. The van der Waals surface area contributed by atoms with Gasteiger partial charge < -0.3 is 10.2 Å². The van der Waals surface area contributed by atoms with Gasteiger partial charge in [0.2, 0.25) is 0 Å². The molecule has 1 aliphatic heterocycles.